The number of carbonyl (C=O) groups is 2. The van der Waals surface area contributed by atoms with E-state index in [4.69, 9.17) is 12.2 Å². The van der Waals surface area contributed by atoms with Crippen LogP contribution in [0.3, 0.4) is 0 Å². The Kier molecular flexibility index (Phi) is 5.93. The highest BCUT2D eigenvalue weighted by Gasteiger charge is 2.42. The summed E-state index contributed by atoms with van der Waals surface area (Å²) in [6, 6.07) is 14.1. The molecule has 0 saturated carbocycles. The fourth-order valence-electron chi connectivity index (χ4n) is 2.94. The zero-order chi connectivity index (χ0) is 19.2. The molecule has 3 rings (SSSR count). The van der Waals surface area contributed by atoms with Gasteiger partial charge in [0.15, 0.2) is 5.11 Å². The Morgan fingerprint density at radius 2 is 1.96 bits per heavy atom. The molecule has 1 aromatic carbocycles. The van der Waals surface area contributed by atoms with Crippen molar-refractivity contribution >= 4 is 34.8 Å². The molecule has 138 valence electrons. The van der Waals surface area contributed by atoms with Crippen LogP contribution < -0.4 is 5.32 Å². The van der Waals surface area contributed by atoms with E-state index in [0.717, 1.165) is 5.69 Å². The van der Waals surface area contributed by atoms with Crippen molar-refractivity contribution in [3.63, 3.8) is 0 Å². The Morgan fingerprint density at radius 1 is 1.22 bits per heavy atom. The number of rotatable bonds is 7. The lowest BCUT2D eigenvalue weighted by molar-refractivity contribution is -0.130. The molecule has 1 saturated heterocycles. The Labute approximate surface area is 163 Å². The van der Waals surface area contributed by atoms with Crippen LogP contribution in [-0.2, 0) is 16.1 Å². The van der Waals surface area contributed by atoms with Gasteiger partial charge in [-0.2, -0.15) is 0 Å². The average molecular weight is 380 g/mol. The van der Waals surface area contributed by atoms with Crippen LogP contribution in [0, 0.1) is 0 Å². The molecule has 7 heteroatoms. The fourth-order valence-corrected chi connectivity index (χ4v) is 3.30. The second-order valence-corrected chi connectivity index (χ2v) is 6.47. The quantitative estimate of drug-likeness (QED) is 0.591. The molecule has 1 aliphatic rings. The Balaban J connectivity index is 1.77. The minimum absolute atomic E-state index is 0.00828. The number of benzene rings is 1. The van der Waals surface area contributed by atoms with Crippen molar-refractivity contribution in [2.45, 2.75) is 19.0 Å². The number of hydrogen-bond donors (Lipinski definition) is 1. The summed E-state index contributed by atoms with van der Waals surface area (Å²) < 4.78 is 0. The van der Waals surface area contributed by atoms with Crippen LogP contribution in [0.15, 0.2) is 67.4 Å². The van der Waals surface area contributed by atoms with Gasteiger partial charge in [0.2, 0.25) is 5.91 Å². The molecule has 1 atom stereocenters. The summed E-state index contributed by atoms with van der Waals surface area (Å²) >= 11 is 5.49. The van der Waals surface area contributed by atoms with E-state index in [1.807, 2.05) is 36.4 Å². The minimum Gasteiger partial charge on any atom is -0.330 e. The smallest absolute Gasteiger partial charge is 0.252 e. The summed E-state index contributed by atoms with van der Waals surface area (Å²) in [5, 5.41) is 3.21. The van der Waals surface area contributed by atoms with Crippen molar-refractivity contribution in [3.8, 4) is 0 Å². The van der Waals surface area contributed by atoms with E-state index >= 15 is 0 Å². The summed E-state index contributed by atoms with van der Waals surface area (Å²) in [6.45, 7) is 4.36. The maximum absolute atomic E-state index is 12.8. The number of para-hydroxylation sites is 1. The van der Waals surface area contributed by atoms with E-state index in [1.165, 1.54) is 4.90 Å². The van der Waals surface area contributed by atoms with Crippen molar-refractivity contribution in [2.24, 2.45) is 0 Å². The highest BCUT2D eigenvalue weighted by molar-refractivity contribution is 7.80. The largest absolute Gasteiger partial charge is 0.330 e. The number of nitrogens with zero attached hydrogens (tertiary/aromatic N) is 3. The van der Waals surface area contributed by atoms with Crippen molar-refractivity contribution in [2.75, 3.05) is 11.9 Å². The number of amides is 2. The lowest BCUT2D eigenvalue weighted by Crippen LogP contribution is -2.37. The summed E-state index contributed by atoms with van der Waals surface area (Å²) in [7, 11) is 0. The molecule has 1 N–H and O–H groups in total. The highest BCUT2D eigenvalue weighted by Crippen LogP contribution is 2.23. The SMILES string of the molecule is C=CCN1C(=O)[C@H](CC(=O)Nc2ccccc2)N(Cc2ccccn2)C1=S. The van der Waals surface area contributed by atoms with Gasteiger partial charge in [-0.1, -0.05) is 30.3 Å². The molecule has 1 fully saturated rings. The zero-order valence-corrected chi connectivity index (χ0v) is 15.6. The maximum atomic E-state index is 12.8. The highest BCUT2D eigenvalue weighted by atomic mass is 32.1. The lowest BCUT2D eigenvalue weighted by atomic mass is 10.1. The van der Waals surface area contributed by atoms with Gasteiger partial charge >= 0.3 is 0 Å². The topological polar surface area (TPSA) is 65.5 Å². The van der Waals surface area contributed by atoms with Crippen LogP contribution in [0.2, 0.25) is 0 Å². The van der Waals surface area contributed by atoms with Gasteiger partial charge in [-0.25, -0.2) is 0 Å². The minimum atomic E-state index is -0.664. The van der Waals surface area contributed by atoms with Crippen molar-refractivity contribution in [1.82, 2.24) is 14.8 Å². The molecule has 2 aromatic rings. The van der Waals surface area contributed by atoms with Gasteiger partial charge in [0.1, 0.15) is 6.04 Å². The van der Waals surface area contributed by atoms with Crippen molar-refractivity contribution in [3.05, 3.63) is 73.1 Å². The first-order valence-electron chi connectivity index (χ1n) is 8.58. The molecule has 27 heavy (non-hydrogen) atoms. The summed E-state index contributed by atoms with van der Waals surface area (Å²) in [5.41, 5.74) is 1.47. The van der Waals surface area contributed by atoms with Gasteiger partial charge in [0, 0.05) is 18.4 Å². The van der Waals surface area contributed by atoms with Gasteiger partial charge in [-0.15, -0.1) is 6.58 Å². The van der Waals surface area contributed by atoms with Crippen LogP contribution in [-0.4, -0.2) is 44.3 Å². The Morgan fingerprint density at radius 3 is 2.63 bits per heavy atom. The normalized spacial score (nSPS) is 16.5. The molecule has 0 radical (unpaired) electrons. The third-order valence-electron chi connectivity index (χ3n) is 4.21. The number of nitrogens with one attached hydrogen (secondary N) is 1. The molecule has 0 spiro atoms. The maximum Gasteiger partial charge on any atom is 0.252 e. The average Bonchev–Trinajstić information content (AvgIpc) is 2.88. The third kappa shape index (κ3) is 4.38. The van der Waals surface area contributed by atoms with E-state index in [-0.39, 0.29) is 18.2 Å². The second kappa shape index (κ2) is 8.55. The molecule has 6 nitrogen and oxygen atoms in total. The first-order chi connectivity index (χ1) is 13.1. The van der Waals surface area contributed by atoms with Crippen LogP contribution in [0.5, 0.6) is 0 Å². The third-order valence-corrected chi connectivity index (χ3v) is 4.67. The number of thiocarbonyl (C=S) groups is 1. The molecular formula is C20H20N4O2S. The number of aromatic nitrogens is 1. The van der Waals surface area contributed by atoms with Crippen LogP contribution in [0.4, 0.5) is 5.69 Å². The number of hydrogen-bond acceptors (Lipinski definition) is 4. The van der Waals surface area contributed by atoms with E-state index < -0.39 is 6.04 Å². The summed E-state index contributed by atoms with van der Waals surface area (Å²) in [5.74, 6) is -0.437. The molecular weight excluding hydrogens is 360 g/mol. The fraction of sp³-hybridized carbons (Fsp3) is 0.200. The summed E-state index contributed by atoms with van der Waals surface area (Å²) in [6.07, 6.45) is 3.32. The van der Waals surface area contributed by atoms with Crippen molar-refractivity contribution < 1.29 is 9.59 Å². The predicted molar refractivity (Wildman–Crippen MR) is 108 cm³/mol. The summed E-state index contributed by atoms with van der Waals surface area (Å²) in [4.78, 5) is 32.9. The molecule has 2 heterocycles. The van der Waals surface area contributed by atoms with Gasteiger partial charge in [-0.05, 0) is 36.5 Å². The predicted octanol–water partition coefficient (Wildman–Crippen LogP) is 2.59. The van der Waals surface area contributed by atoms with E-state index in [9.17, 15) is 9.59 Å². The second-order valence-electron chi connectivity index (χ2n) is 6.10. The lowest BCUT2D eigenvalue weighted by Gasteiger charge is -2.23. The zero-order valence-electron chi connectivity index (χ0n) is 14.7. The monoisotopic (exact) mass is 380 g/mol. The van der Waals surface area contributed by atoms with Gasteiger partial charge in [-0.3, -0.25) is 19.5 Å². The molecule has 1 aliphatic heterocycles. The van der Waals surface area contributed by atoms with Crippen LogP contribution >= 0.6 is 12.2 Å². The van der Waals surface area contributed by atoms with Crippen molar-refractivity contribution in [1.29, 1.82) is 0 Å². The van der Waals surface area contributed by atoms with Gasteiger partial charge < -0.3 is 10.2 Å². The van der Waals surface area contributed by atoms with E-state index in [2.05, 4.69) is 16.9 Å². The number of pyridine rings is 1. The Hall–Kier alpha value is -3.06. The molecule has 0 bridgehead atoms. The number of anilines is 1. The Bertz CT molecular complexity index is 842. The molecule has 0 aliphatic carbocycles. The van der Waals surface area contributed by atoms with Crippen LogP contribution in [0.25, 0.3) is 0 Å². The van der Waals surface area contributed by atoms with Crippen LogP contribution in [0.1, 0.15) is 12.1 Å². The first kappa shape index (κ1) is 18.7. The first-order valence-corrected chi connectivity index (χ1v) is 8.98. The molecule has 1 aromatic heterocycles. The standard InChI is InChI=1S/C20H20N4O2S/c1-2-12-23-19(26)17(13-18(25)22-15-8-4-3-5-9-15)24(20(23)27)14-16-10-6-7-11-21-16/h2-11,17H,1,12-14H2,(H,22,25)/t17-/m0/s1. The molecule has 2 amide bonds. The van der Waals surface area contributed by atoms with E-state index in [1.54, 1.807) is 29.3 Å². The van der Waals surface area contributed by atoms with E-state index in [0.29, 0.717) is 23.9 Å². The van der Waals surface area contributed by atoms with Gasteiger partial charge in [0.05, 0.1) is 18.7 Å². The van der Waals surface area contributed by atoms with Gasteiger partial charge in [0.25, 0.3) is 5.91 Å². The molecule has 0 unspecified atom stereocenters. The number of carbonyl (C=O) groups excluding carboxylic acids is 2.